The van der Waals surface area contributed by atoms with Gasteiger partial charge in [0, 0.05) is 0 Å². The molecular weight excluding hydrogens is 241 g/mol. The lowest BCUT2D eigenvalue weighted by Crippen LogP contribution is -2.43. The molecule has 0 rings (SSSR count). The maximum absolute atomic E-state index is 11.7. The van der Waals surface area contributed by atoms with Gasteiger partial charge in [-0.2, -0.15) is 13.2 Å². The van der Waals surface area contributed by atoms with Crippen LogP contribution in [0.4, 0.5) is 13.2 Å². The molecule has 0 saturated carbocycles. The van der Waals surface area contributed by atoms with Crippen LogP contribution in [0.1, 0.15) is 6.92 Å². The van der Waals surface area contributed by atoms with E-state index in [1.165, 1.54) is 4.72 Å². The number of hydrogen-bond acceptors (Lipinski definition) is 3. The van der Waals surface area contributed by atoms with E-state index in [0.717, 1.165) is 6.92 Å². The lowest BCUT2D eigenvalue weighted by atomic mass is 10.5. The topological polar surface area (TPSA) is 72.2 Å². The molecule has 0 amide bonds. The van der Waals surface area contributed by atoms with E-state index >= 15 is 0 Å². The lowest BCUT2D eigenvalue weighted by Gasteiger charge is -2.13. The van der Waals surface area contributed by atoms with Crippen molar-refractivity contribution in [1.82, 2.24) is 4.72 Å². The van der Waals surface area contributed by atoms with E-state index in [9.17, 15) is 21.6 Å². The van der Waals surface area contributed by atoms with Crippen molar-refractivity contribution in [2.75, 3.05) is 6.54 Å². The first-order valence-electron chi connectivity index (χ1n) is 3.41. The van der Waals surface area contributed by atoms with Crippen LogP contribution in [-0.2, 0) is 10.0 Å². The number of sulfonamides is 1. The van der Waals surface area contributed by atoms with Crippen LogP contribution >= 0.6 is 12.2 Å². The molecule has 0 fully saturated rings. The van der Waals surface area contributed by atoms with E-state index < -0.39 is 28.0 Å². The summed E-state index contributed by atoms with van der Waals surface area (Å²) in [5.41, 5.74) is 4.99. The van der Waals surface area contributed by atoms with Gasteiger partial charge in [0.25, 0.3) is 0 Å². The molecule has 4 nitrogen and oxygen atoms in total. The molecule has 1 unspecified atom stereocenters. The van der Waals surface area contributed by atoms with Gasteiger partial charge in [-0.3, -0.25) is 0 Å². The lowest BCUT2D eigenvalue weighted by molar-refractivity contribution is -0.121. The number of rotatable bonds is 4. The summed E-state index contributed by atoms with van der Waals surface area (Å²) < 4.78 is 58.4. The van der Waals surface area contributed by atoms with Crippen molar-refractivity contribution in [2.45, 2.75) is 18.3 Å². The van der Waals surface area contributed by atoms with Crippen molar-refractivity contribution in [2.24, 2.45) is 5.73 Å². The summed E-state index contributed by atoms with van der Waals surface area (Å²) >= 11 is 4.35. The van der Waals surface area contributed by atoms with Gasteiger partial charge in [0.1, 0.15) is 11.8 Å². The average molecular weight is 250 g/mol. The summed E-state index contributed by atoms with van der Waals surface area (Å²) in [5, 5.41) is -1.32. The van der Waals surface area contributed by atoms with Gasteiger partial charge in [0.05, 0.1) is 4.99 Å². The Morgan fingerprint density at radius 2 is 2.00 bits per heavy atom. The minimum Gasteiger partial charge on any atom is -0.392 e. The molecular formula is C5H9F3N2O2S2. The molecule has 9 heteroatoms. The SMILES string of the molecule is CC(C(N)=S)S(=O)(=O)NCC(F)(F)F. The van der Waals surface area contributed by atoms with Crippen LogP contribution in [0, 0.1) is 0 Å². The second kappa shape index (κ2) is 4.41. The van der Waals surface area contributed by atoms with Gasteiger partial charge in [-0.25, -0.2) is 13.1 Å². The molecule has 0 spiro atoms. The molecule has 0 aliphatic heterocycles. The quantitative estimate of drug-likeness (QED) is 0.696. The smallest absolute Gasteiger partial charge is 0.392 e. The van der Waals surface area contributed by atoms with Gasteiger partial charge >= 0.3 is 6.18 Å². The van der Waals surface area contributed by atoms with E-state index in [1.54, 1.807) is 0 Å². The number of nitrogens with two attached hydrogens (primary N) is 1. The molecule has 3 N–H and O–H groups in total. The Balaban J connectivity index is 4.45. The van der Waals surface area contributed by atoms with E-state index in [4.69, 9.17) is 5.73 Å². The van der Waals surface area contributed by atoms with Crippen LogP contribution in [0.2, 0.25) is 0 Å². The summed E-state index contributed by atoms with van der Waals surface area (Å²) in [6, 6.07) is 0. The predicted molar refractivity (Wildman–Crippen MR) is 49.2 cm³/mol. The van der Waals surface area contributed by atoms with Gasteiger partial charge in [0.2, 0.25) is 10.0 Å². The molecule has 0 aliphatic carbocycles. The summed E-state index contributed by atoms with van der Waals surface area (Å²) in [4.78, 5) is -0.375. The first kappa shape index (κ1) is 13.6. The number of thiocarbonyl (C=S) groups is 1. The fourth-order valence-corrected chi connectivity index (χ4v) is 1.76. The maximum Gasteiger partial charge on any atom is 0.402 e. The number of nitrogens with one attached hydrogen (secondary N) is 1. The number of hydrogen-bond donors (Lipinski definition) is 2. The molecule has 0 radical (unpaired) electrons. The molecule has 0 aromatic heterocycles. The van der Waals surface area contributed by atoms with Crippen molar-refractivity contribution in [1.29, 1.82) is 0 Å². The van der Waals surface area contributed by atoms with E-state index in [0.29, 0.717) is 0 Å². The Morgan fingerprint density at radius 1 is 1.57 bits per heavy atom. The second-order valence-corrected chi connectivity index (χ2v) is 5.08. The first-order valence-corrected chi connectivity index (χ1v) is 5.36. The zero-order valence-electron chi connectivity index (χ0n) is 7.13. The highest BCUT2D eigenvalue weighted by Crippen LogP contribution is 2.13. The number of alkyl halides is 3. The molecule has 0 heterocycles. The van der Waals surface area contributed by atoms with Crippen molar-refractivity contribution >= 4 is 27.2 Å². The van der Waals surface area contributed by atoms with Crippen LogP contribution in [-0.4, -0.2) is 31.4 Å². The molecule has 0 saturated heterocycles. The Hall–Kier alpha value is -0.410. The summed E-state index contributed by atoms with van der Waals surface area (Å²) in [6.07, 6.45) is -4.59. The van der Waals surface area contributed by atoms with Crippen molar-refractivity contribution in [3.63, 3.8) is 0 Å². The average Bonchev–Trinajstić information content (AvgIpc) is 1.98. The number of halogens is 3. The predicted octanol–water partition coefficient (Wildman–Crippen LogP) is 0.143. The summed E-state index contributed by atoms with van der Waals surface area (Å²) in [7, 11) is -4.13. The highest BCUT2D eigenvalue weighted by molar-refractivity contribution is 7.93. The maximum atomic E-state index is 11.7. The summed E-state index contributed by atoms with van der Waals surface area (Å²) in [5.74, 6) is 0. The zero-order chi connectivity index (χ0) is 11.6. The van der Waals surface area contributed by atoms with Gasteiger partial charge in [-0.1, -0.05) is 12.2 Å². The van der Waals surface area contributed by atoms with Gasteiger partial charge < -0.3 is 5.73 Å². The second-order valence-electron chi connectivity index (χ2n) is 2.53. The third-order valence-electron chi connectivity index (χ3n) is 1.34. The normalized spacial score (nSPS) is 15.1. The van der Waals surface area contributed by atoms with Crippen LogP contribution in [0.25, 0.3) is 0 Å². The van der Waals surface area contributed by atoms with E-state index in [-0.39, 0.29) is 4.99 Å². The fraction of sp³-hybridized carbons (Fsp3) is 0.800. The fourth-order valence-electron chi connectivity index (χ4n) is 0.460. The summed E-state index contributed by atoms with van der Waals surface area (Å²) in [6.45, 7) is -0.511. The third kappa shape index (κ3) is 4.72. The highest BCUT2D eigenvalue weighted by Gasteiger charge is 2.32. The Kier molecular flexibility index (Phi) is 4.28. The molecule has 0 bridgehead atoms. The van der Waals surface area contributed by atoms with Gasteiger partial charge in [-0.05, 0) is 6.92 Å². The molecule has 0 aliphatic rings. The largest absolute Gasteiger partial charge is 0.402 e. The van der Waals surface area contributed by atoms with Crippen LogP contribution in [0.15, 0.2) is 0 Å². The first-order chi connectivity index (χ1) is 6.06. The van der Waals surface area contributed by atoms with E-state index in [1.807, 2.05) is 0 Å². The van der Waals surface area contributed by atoms with Crippen molar-refractivity contribution in [3.8, 4) is 0 Å². The van der Waals surface area contributed by atoms with E-state index in [2.05, 4.69) is 12.2 Å². The molecule has 0 aromatic rings. The Labute approximate surface area is 84.7 Å². The molecule has 1 atom stereocenters. The zero-order valence-corrected chi connectivity index (χ0v) is 8.76. The van der Waals surface area contributed by atoms with Crippen LogP contribution in [0.3, 0.4) is 0 Å². The molecule has 14 heavy (non-hydrogen) atoms. The Bertz CT molecular complexity index is 311. The highest BCUT2D eigenvalue weighted by atomic mass is 32.2. The van der Waals surface area contributed by atoms with Crippen molar-refractivity contribution in [3.05, 3.63) is 0 Å². The minimum absolute atomic E-state index is 0.375. The Morgan fingerprint density at radius 3 is 2.29 bits per heavy atom. The van der Waals surface area contributed by atoms with Crippen LogP contribution < -0.4 is 10.5 Å². The minimum atomic E-state index is -4.59. The monoisotopic (exact) mass is 250 g/mol. The van der Waals surface area contributed by atoms with Crippen LogP contribution in [0.5, 0.6) is 0 Å². The molecule has 84 valence electrons. The van der Waals surface area contributed by atoms with Crippen molar-refractivity contribution < 1.29 is 21.6 Å². The van der Waals surface area contributed by atoms with Gasteiger partial charge in [-0.15, -0.1) is 0 Å². The van der Waals surface area contributed by atoms with Gasteiger partial charge in [0.15, 0.2) is 0 Å². The third-order valence-corrected chi connectivity index (χ3v) is 3.57. The standard InChI is InChI=1S/C5H9F3N2O2S2/c1-3(4(9)13)14(11,12)10-2-5(6,7)8/h3,10H,2H2,1H3,(H2,9,13). The molecule has 0 aromatic carbocycles.